The number of benzene rings is 2. The molecule has 3 aromatic heterocycles. The summed E-state index contributed by atoms with van der Waals surface area (Å²) in [7, 11) is 0. The number of aromatic nitrogens is 4. The fourth-order valence-corrected chi connectivity index (χ4v) is 3.75. The molecular weight excluding hydrogens is 312 g/mol. The molecule has 0 radical (unpaired) electrons. The summed E-state index contributed by atoms with van der Waals surface area (Å²) in [5, 5.41) is 1.29. The van der Waals surface area contributed by atoms with Crippen LogP contribution in [0.25, 0.3) is 38.6 Å². The highest BCUT2D eigenvalue weighted by molar-refractivity contribution is 6.01. The van der Waals surface area contributed by atoms with Crippen molar-refractivity contribution in [3.63, 3.8) is 0 Å². The monoisotopic (exact) mass is 328 g/mol. The molecule has 0 N–H and O–H groups in total. The lowest BCUT2D eigenvalue weighted by molar-refractivity contribution is 0.803. The van der Waals surface area contributed by atoms with Gasteiger partial charge in [0.15, 0.2) is 5.65 Å². The molecule has 122 valence electrons. The fraction of sp³-hybridized carbons (Fsp3) is 0.150. The number of rotatable bonds is 1. The molecule has 5 nitrogen and oxygen atoms in total. The molecule has 5 aromatic rings. The van der Waals surface area contributed by atoms with Gasteiger partial charge in [0, 0.05) is 11.9 Å². The predicted molar refractivity (Wildman–Crippen MR) is 100 cm³/mol. The third kappa shape index (κ3) is 1.75. The van der Waals surface area contributed by atoms with E-state index in [9.17, 15) is 4.79 Å². The molecule has 0 atom stereocenters. The molecular formula is C20H16N4O. The van der Waals surface area contributed by atoms with Crippen molar-refractivity contribution in [2.45, 2.75) is 20.4 Å². The van der Waals surface area contributed by atoms with Crippen LogP contribution in [0.3, 0.4) is 0 Å². The Morgan fingerprint density at radius 3 is 2.44 bits per heavy atom. The highest BCUT2D eigenvalue weighted by atomic mass is 16.1. The number of hydrogen-bond acceptors (Lipinski definition) is 3. The second-order valence-electron chi connectivity index (χ2n) is 6.21. The lowest BCUT2D eigenvalue weighted by Crippen LogP contribution is -2.14. The van der Waals surface area contributed by atoms with Gasteiger partial charge in [-0.3, -0.25) is 9.20 Å². The molecule has 0 saturated carbocycles. The molecule has 0 aliphatic heterocycles. The van der Waals surface area contributed by atoms with Crippen LogP contribution in [0, 0.1) is 6.92 Å². The summed E-state index contributed by atoms with van der Waals surface area (Å²) in [5.41, 5.74) is 4.13. The van der Waals surface area contributed by atoms with Gasteiger partial charge in [-0.1, -0.05) is 24.3 Å². The Bertz CT molecular complexity index is 1360. The molecule has 3 heterocycles. The van der Waals surface area contributed by atoms with Crippen molar-refractivity contribution in [3.05, 3.63) is 64.6 Å². The van der Waals surface area contributed by atoms with Gasteiger partial charge in [0.25, 0.3) is 0 Å². The van der Waals surface area contributed by atoms with Crippen LogP contribution >= 0.6 is 0 Å². The van der Waals surface area contributed by atoms with E-state index in [1.807, 2.05) is 59.9 Å². The quantitative estimate of drug-likeness (QED) is 0.441. The minimum absolute atomic E-state index is 0.0110. The molecule has 5 heteroatoms. The van der Waals surface area contributed by atoms with E-state index in [0.29, 0.717) is 22.1 Å². The van der Waals surface area contributed by atoms with Crippen LogP contribution in [0.2, 0.25) is 0 Å². The van der Waals surface area contributed by atoms with E-state index in [-0.39, 0.29) is 5.43 Å². The first-order valence-corrected chi connectivity index (χ1v) is 8.39. The first kappa shape index (κ1) is 14.2. The van der Waals surface area contributed by atoms with Gasteiger partial charge in [-0.2, -0.15) is 0 Å². The zero-order valence-corrected chi connectivity index (χ0v) is 14.0. The minimum atomic E-state index is -0.0110. The second kappa shape index (κ2) is 4.89. The predicted octanol–water partition coefficient (Wildman–Crippen LogP) is 3.68. The number of imidazole rings is 1. The molecule has 0 fully saturated rings. The average molecular weight is 328 g/mol. The summed E-state index contributed by atoms with van der Waals surface area (Å²) in [4.78, 5) is 22.8. The zero-order chi connectivity index (χ0) is 17.1. The van der Waals surface area contributed by atoms with E-state index >= 15 is 0 Å². The smallest absolute Gasteiger partial charge is 0.202 e. The van der Waals surface area contributed by atoms with Crippen LogP contribution in [0.1, 0.15) is 12.7 Å². The average Bonchev–Trinajstić information content (AvgIpc) is 3.02. The number of aryl methyl sites for hydroxylation is 2. The Kier molecular flexibility index (Phi) is 2.77. The van der Waals surface area contributed by atoms with Crippen molar-refractivity contribution >= 4 is 38.6 Å². The van der Waals surface area contributed by atoms with Gasteiger partial charge in [-0.05, 0) is 38.1 Å². The van der Waals surface area contributed by atoms with Gasteiger partial charge in [-0.15, -0.1) is 0 Å². The maximum Gasteiger partial charge on any atom is 0.202 e. The highest BCUT2D eigenvalue weighted by Crippen LogP contribution is 2.25. The second-order valence-corrected chi connectivity index (χ2v) is 6.21. The summed E-state index contributed by atoms with van der Waals surface area (Å²) >= 11 is 0. The van der Waals surface area contributed by atoms with E-state index in [1.54, 1.807) is 0 Å². The fourth-order valence-electron chi connectivity index (χ4n) is 3.75. The number of nitrogens with zero attached hydrogens (tertiary/aromatic N) is 4. The molecule has 0 aliphatic rings. The number of pyridine rings is 1. The van der Waals surface area contributed by atoms with Gasteiger partial charge < -0.3 is 4.57 Å². The van der Waals surface area contributed by atoms with Crippen molar-refractivity contribution in [2.24, 2.45) is 0 Å². The Morgan fingerprint density at radius 2 is 1.64 bits per heavy atom. The number of hydrogen-bond donors (Lipinski definition) is 0. The molecule has 5 rings (SSSR count). The summed E-state index contributed by atoms with van der Waals surface area (Å²) < 4.78 is 4.08. The molecule has 0 unspecified atom stereocenters. The number of para-hydroxylation sites is 3. The van der Waals surface area contributed by atoms with Crippen LogP contribution in [0.4, 0.5) is 0 Å². The molecule has 25 heavy (non-hydrogen) atoms. The SMILES string of the molecule is CCn1c2ccccc2c(=O)c2c1nc(C)n1c3ccccc3nc21. The van der Waals surface area contributed by atoms with E-state index in [2.05, 4.69) is 11.5 Å². The standard InChI is InChI=1S/C20H16N4O/c1-3-23-15-10-6-4-8-13(15)18(25)17-19(23)21-12(2)24-16-11-7-5-9-14(16)22-20(17)24/h4-11H,3H2,1-2H3. The topological polar surface area (TPSA) is 52.2 Å². The van der Waals surface area contributed by atoms with Crippen LogP contribution in [-0.4, -0.2) is 18.9 Å². The lowest BCUT2D eigenvalue weighted by atomic mass is 10.1. The van der Waals surface area contributed by atoms with E-state index in [0.717, 1.165) is 28.9 Å². The lowest BCUT2D eigenvalue weighted by Gasteiger charge is -2.14. The molecule has 0 saturated heterocycles. The maximum absolute atomic E-state index is 13.3. The van der Waals surface area contributed by atoms with Crippen LogP contribution in [0.15, 0.2) is 53.3 Å². The van der Waals surface area contributed by atoms with Crippen molar-refractivity contribution in [1.29, 1.82) is 0 Å². The summed E-state index contributed by atoms with van der Waals surface area (Å²) in [6.07, 6.45) is 0. The van der Waals surface area contributed by atoms with Crippen molar-refractivity contribution in [2.75, 3.05) is 0 Å². The summed E-state index contributed by atoms with van der Waals surface area (Å²) in [6.45, 7) is 4.76. The largest absolute Gasteiger partial charge is 0.325 e. The molecule has 2 aromatic carbocycles. The van der Waals surface area contributed by atoms with Crippen LogP contribution in [0.5, 0.6) is 0 Å². The van der Waals surface area contributed by atoms with Crippen LogP contribution < -0.4 is 5.43 Å². The number of fused-ring (bicyclic) bond motifs is 6. The Morgan fingerprint density at radius 1 is 0.920 bits per heavy atom. The Labute approximate surface area is 143 Å². The highest BCUT2D eigenvalue weighted by Gasteiger charge is 2.18. The third-order valence-electron chi connectivity index (χ3n) is 4.84. The molecule has 0 bridgehead atoms. The first-order valence-electron chi connectivity index (χ1n) is 8.39. The Balaban J connectivity index is 2.17. The van der Waals surface area contributed by atoms with Gasteiger partial charge in [0.2, 0.25) is 5.43 Å². The summed E-state index contributed by atoms with van der Waals surface area (Å²) in [6, 6.07) is 15.6. The van der Waals surface area contributed by atoms with E-state index in [4.69, 9.17) is 9.97 Å². The maximum atomic E-state index is 13.3. The van der Waals surface area contributed by atoms with Crippen molar-refractivity contribution in [3.8, 4) is 0 Å². The van der Waals surface area contributed by atoms with Gasteiger partial charge in [0.1, 0.15) is 16.9 Å². The minimum Gasteiger partial charge on any atom is -0.325 e. The normalized spacial score (nSPS) is 11.9. The van der Waals surface area contributed by atoms with Gasteiger partial charge in [0.05, 0.1) is 16.6 Å². The van der Waals surface area contributed by atoms with Gasteiger partial charge >= 0.3 is 0 Å². The molecule has 0 spiro atoms. The van der Waals surface area contributed by atoms with E-state index in [1.165, 1.54) is 0 Å². The zero-order valence-electron chi connectivity index (χ0n) is 14.0. The molecule has 0 amide bonds. The third-order valence-corrected chi connectivity index (χ3v) is 4.84. The van der Waals surface area contributed by atoms with Crippen molar-refractivity contribution < 1.29 is 0 Å². The van der Waals surface area contributed by atoms with Gasteiger partial charge in [-0.25, -0.2) is 9.97 Å². The summed E-state index contributed by atoms with van der Waals surface area (Å²) in [5.74, 6) is 0.827. The van der Waals surface area contributed by atoms with Crippen LogP contribution in [-0.2, 0) is 6.54 Å². The molecule has 0 aliphatic carbocycles. The van der Waals surface area contributed by atoms with E-state index < -0.39 is 0 Å². The Hall–Kier alpha value is -3.21. The van der Waals surface area contributed by atoms with Crippen molar-refractivity contribution in [1.82, 2.24) is 18.9 Å². The first-order chi connectivity index (χ1) is 12.2.